The van der Waals surface area contributed by atoms with Crippen LogP contribution in [0.5, 0.6) is 5.75 Å². The molecule has 202 valence electrons. The van der Waals surface area contributed by atoms with Crippen LogP contribution in [0.4, 0.5) is 15.8 Å². The first kappa shape index (κ1) is 25.9. The Bertz CT molecular complexity index is 1290. The lowest BCUT2D eigenvalue weighted by Gasteiger charge is -2.35. The zero-order valence-electron chi connectivity index (χ0n) is 22.0. The van der Waals surface area contributed by atoms with Gasteiger partial charge in [-0.1, -0.05) is 13.8 Å². The number of ether oxygens (including phenoxy) is 1. The van der Waals surface area contributed by atoms with Crippen molar-refractivity contribution in [2.75, 3.05) is 57.1 Å². The minimum absolute atomic E-state index is 0.0208. The van der Waals surface area contributed by atoms with E-state index in [0.29, 0.717) is 31.0 Å². The third-order valence-electron chi connectivity index (χ3n) is 8.37. The number of methoxy groups -OCH3 is 1. The molecule has 0 bridgehead atoms. The van der Waals surface area contributed by atoms with Gasteiger partial charge >= 0.3 is 0 Å². The summed E-state index contributed by atoms with van der Waals surface area (Å²) < 4.78 is 21.0. The lowest BCUT2D eigenvalue weighted by Crippen LogP contribution is -2.48. The summed E-state index contributed by atoms with van der Waals surface area (Å²) >= 11 is 0. The Hall–Kier alpha value is -3.73. The Morgan fingerprint density at radius 3 is 2.53 bits per heavy atom. The highest BCUT2D eigenvalue weighted by molar-refractivity contribution is 6.04. The van der Waals surface area contributed by atoms with Gasteiger partial charge in [-0.2, -0.15) is 0 Å². The van der Waals surface area contributed by atoms with Crippen molar-refractivity contribution in [3.63, 3.8) is 0 Å². The number of rotatable bonds is 6. The fourth-order valence-electron chi connectivity index (χ4n) is 6.01. The fraction of sp³-hybridized carbons (Fsp3) is 0.481. The molecule has 3 aliphatic rings. The van der Waals surface area contributed by atoms with Gasteiger partial charge < -0.3 is 30.5 Å². The van der Waals surface area contributed by atoms with Gasteiger partial charge in [-0.15, -0.1) is 0 Å². The number of carbonyl (C=O) groups is 3. The summed E-state index contributed by atoms with van der Waals surface area (Å²) in [4.78, 5) is 48.4. The van der Waals surface area contributed by atoms with Crippen LogP contribution in [0.2, 0.25) is 0 Å². The molecule has 10 nitrogen and oxygen atoms in total. The van der Waals surface area contributed by atoms with Crippen LogP contribution in [0.15, 0.2) is 30.5 Å². The van der Waals surface area contributed by atoms with Gasteiger partial charge in [-0.05, 0) is 48.6 Å². The third-order valence-corrected chi connectivity index (χ3v) is 8.37. The van der Waals surface area contributed by atoms with Crippen LogP contribution in [0.1, 0.15) is 34.7 Å². The van der Waals surface area contributed by atoms with Crippen LogP contribution in [-0.4, -0.2) is 85.4 Å². The van der Waals surface area contributed by atoms with Crippen LogP contribution in [0.25, 0.3) is 0 Å². The smallest absolute Gasteiger partial charge is 0.267 e. The van der Waals surface area contributed by atoms with Gasteiger partial charge in [0.1, 0.15) is 11.7 Å². The van der Waals surface area contributed by atoms with Crippen molar-refractivity contribution in [3.05, 3.63) is 47.5 Å². The molecule has 2 aromatic rings. The number of hydrogen-bond donors (Lipinski definition) is 2. The zero-order valence-corrected chi connectivity index (χ0v) is 22.0. The van der Waals surface area contributed by atoms with E-state index in [9.17, 15) is 14.4 Å². The maximum Gasteiger partial charge on any atom is 0.267 e. The molecule has 3 amide bonds. The molecule has 1 aromatic heterocycles. The Morgan fingerprint density at radius 1 is 1.16 bits per heavy atom. The molecule has 3 N–H and O–H groups in total. The van der Waals surface area contributed by atoms with Crippen LogP contribution in [-0.2, 0) is 4.79 Å². The number of primary amides is 1. The number of likely N-dealkylation sites (N-methyl/N-ethyl adjacent to an activating group) is 1. The van der Waals surface area contributed by atoms with Crippen molar-refractivity contribution in [1.82, 2.24) is 14.8 Å². The number of nitrogens with two attached hydrogens (primary N) is 1. The summed E-state index contributed by atoms with van der Waals surface area (Å²) in [7, 11) is 3.37. The Balaban J connectivity index is 1.42. The topological polar surface area (TPSA) is 121 Å². The van der Waals surface area contributed by atoms with Crippen LogP contribution in [0.3, 0.4) is 0 Å². The highest BCUT2D eigenvalue weighted by Gasteiger charge is 2.69. The van der Waals surface area contributed by atoms with Crippen LogP contribution >= 0.6 is 0 Å². The number of halogens is 1. The van der Waals surface area contributed by atoms with E-state index in [0.717, 1.165) is 13.1 Å². The van der Waals surface area contributed by atoms with E-state index < -0.39 is 23.7 Å². The van der Waals surface area contributed by atoms with E-state index in [2.05, 4.69) is 29.0 Å². The molecule has 0 unspecified atom stereocenters. The largest absolute Gasteiger partial charge is 0.493 e. The number of nitrogens with zero attached hydrogens (tertiary/aromatic N) is 4. The van der Waals surface area contributed by atoms with E-state index in [1.807, 2.05) is 11.9 Å². The number of benzene rings is 1. The monoisotopic (exact) mass is 524 g/mol. The number of pyridine rings is 1. The average molecular weight is 525 g/mol. The Kier molecular flexibility index (Phi) is 6.50. The summed E-state index contributed by atoms with van der Waals surface area (Å²) in [5.74, 6) is -2.16. The normalized spacial score (nSPS) is 24.1. The Labute approximate surface area is 220 Å². The maximum absolute atomic E-state index is 15.6. The lowest BCUT2D eigenvalue weighted by atomic mass is 9.99. The highest BCUT2D eigenvalue weighted by atomic mass is 19.1. The van der Waals surface area contributed by atoms with Crippen molar-refractivity contribution < 1.29 is 23.5 Å². The molecule has 2 aliphatic heterocycles. The number of piperidine rings is 1. The standard InChI is InChI=1S/C27H33FN6O4/c1-27(2)17-14-34(22(20(17)27)25(36)31-15-7-8-30-18(13-15)24(29)35)26(37)16-5-6-19(21(28)23(16)38-4)33-11-9-32(3)10-12-33/h5-8,13,17,20,22H,9-12,14H2,1-4H3,(H2,29,35)(H,30,31,36)/t17-,20-,22-/m0/s1. The molecule has 0 spiro atoms. The van der Waals surface area contributed by atoms with E-state index in [1.54, 1.807) is 18.2 Å². The second kappa shape index (κ2) is 9.54. The molecule has 3 heterocycles. The molecule has 1 saturated carbocycles. The van der Waals surface area contributed by atoms with Gasteiger partial charge in [0.15, 0.2) is 11.6 Å². The van der Waals surface area contributed by atoms with Crippen molar-refractivity contribution >= 4 is 29.1 Å². The number of nitrogens with one attached hydrogen (secondary N) is 1. The predicted molar refractivity (Wildman–Crippen MR) is 140 cm³/mol. The number of anilines is 2. The van der Waals surface area contributed by atoms with Crippen molar-refractivity contribution in [2.45, 2.75) is 19.9 Å². The molecule has 1 aliphatic carbocycles. The molecule has 1 aromatic carbocycles. The second-order valence-electron chi connectivity index (χ2n) is 10.9. The van der Waals surface area contributed by atoms with E-state index in [4.69, 9.17) is 10.5 Å². The van der Waals surface area contributed by atoms with E-state index >= 15 is 4.39 Å². The van der Waals surface area contributed by atoms with Gasteiger partial charge in [-0.3, -0.25) is 19.4 Å². The third kappa shape index (κ3) is 4.34. The van der Waals surface area contributed by atoms with Gasteiger partial charge in [-0.25, -0.2) is 4.39 Å². The van der Waals surface area contributed by atoms with Crippen LogP contribution in [0, 0.1) is 23.1 Å². The number of hydrogen-bond acceptors (Lipinski definition) is 7. The number of aromatic nitrogens is 1. The van der Waals surface area contributed by atoms with E-state index in [1.165, 1.54) is 24.3 Å². The maximum atomic E-state index is 15.6. The molecular formula is C27H33FN6O4. The first-order valence-electron chi connectivity index (χ1n) is 12.7. The second-order valence-corrected chi connectivity index (χ2v) is 10.9. The van der Waals surface area contributed by atoms with E-state index in [-0.39, 0.29) is 40.2 Å². The van der Waals surface area contributed by atoms with Gasteiger partial charge in [0.25, 0.3) is 11.8 Å². The first-order valence-corrected chi connectivity index (χ1v) is 12.7. The molecule has 11 heteroatoms. The molecule has 0 radical (unpaired) electrons. The lowest BCUT2D eigenvalue weighted by molar-refractivity contribution is -0.120. The van der Waals surface area contributed by atoms with Crippen molar-refractivity contribution in [3.8, 4) is 5.75 Å². The first-order chi connectivity index (χ1) is 18.0. The molecule has 5 rings (SSSR count). The summed E-state index contributed by atoms with van der Waals surface area (Å²) in [5, 5.41) is 2.81. The number of carbonyl (C=O) groups excluding carboxylic acids is 3. The minimum atomic E-state index is -0.766. The molecule has 38 heavy (non-hydrogen) atoms. The fourth-order valence-corrected chi connectivity index (χ4v) is 6.01. The minimum Gasteiger partial charge on any atom is -0.493 e. The molecule has 2 saturated heterocycles. The number of likely N-dealkylation sites (tertiary alicyclic amines) is 1. The number of amides is 3. The van der Waals surface area contributed by atoms with Crippen molar-refractivity contribution in [2.24, 2.45) is 23.0 Å². The number of fused-ring (bicyclic) bond motifs is 1. The molecular weight excluding hydrogens is 491 g/mol. The zero-order chi connectivity index (χ0) is 27.4. The van der Waals surface area contributed by atoms with Crippen molar-refractivity contribution in [1.29, 1.82) is 0 Å². The molecule has 3 fully saturated rings. The van der Waals surface area contributed by atoms with Gasteiger partial charge in [0.2, 0.25) is 5.91 Å². The average Bonchev–Trinajstić information content (AvgIpc) is 3.22. The molecule has 3 atom stereocenters. The summed E-state index contributed by atoms with van der Waals surface area (Å²) in [6, 6.07) is 5.39. The van der Waals surface area contributed by atoms with Gasteiger partial charge in [0.05, 0.1) is 18.4 Å². The Morgan fingerprint density at radius 2 is 1.87 bits per heavy atom. The summed E-state index contributed by atoms with van der Waals surface area (Å²) in [5.41, 5.74) is 6.06. The van der Waals surface area contributed by atoms with Crippen LogP contribution < -0.4 is 20.7 Å². The van der Waals surface area contributed by atoms with Gasteiger partial charge in [0, 0.05) is 44.6 Å². The highest BCUT2D eigenvalue weighted by Crippen LogP contribution is 2.65. The predicted octanol–water partition coefficient (Wildman–Crippen LogP) is 1.82. The summed E-state index contributed by atoms with van der Waals surface area (Å²) in [6.45, 7) is 7.49. The number of piperazine rings is 1. The quantitative estimate of drug-likeness (QED) is 0.591. The SMILES string of the molecule is COc1c(C(=O)N2C[C@H]3[C@@H]([C@H]2C(=O)Nc2ccnc(C(N)=O)c2)C3(C)C)ccc(N2CCN(C)CC2)c1F. The summed E-state index contributed by atoms with van der Waals surface area (Å²) in [6.07, 6.45) is 1.38.